The SMILES string of the molecule is CCCn1ncnc1CC1(O)CCC(N)C1. The number of aryl methyl sites for hydroxylation is 1. The molecular formula is C11H20N4O. The molecule has 5 heteroatoms. The molecule has 0 aliphatic heterocycles. The van der Waals surface area contributed by atoms with Gasteiger partial charge in [0.25, 0.3) is 0 Å². The first-order valence-corrected chi connectivity index (χ1v) is 5.97. The van der Waals surface area contributed by atoms with E-state index in [2.05, 4.69) is 17.0 Å². The molecule has 3 N–H and O–H groups in total. The van der Waals surface area contributed by atoms with Gasteiger partial charge >= 0.3 is 0 Å². The average Bonchev–Trinajstić information content (AvgIpc) is 2.76. The van der Waals surface area contributed by atoms with Crippen LogP contribution in [0.25, 0.3) is 0 Å². The maximum absolute atomic E-state index is 10.4. The summed E-state index contributed by atoms with van der Waals surface area (Å²) in [6.45, 7) is 2.96. The predicted molar refractivity (Wildman–Crippen MR) is 60.8 cm³/mol. The fourth-order valence-corrected chi connectivity index (χ4v) is 2.42. The van der Waals surface area contributed by atoms with E-state index in [0.29, 0.717) is 12.8 Å². The molecule has 0 amide bonds. The van der Waals surface area contributed by atoms with E-state index >= 15 is 0 Å². The van der Waals surface area contributed by atoms with Gasteiger partial charge in [-0.3, -0.25) is 4.68 Å². The second-order valence-electron chi connectivity index (χ2n) is 4.80. The zero-order valence-electron chi connectivity index (χ0n) is 9.76. The molecule has 90 valence electrons. The van der Waals surface area contributed by atoms with Crippen LogP contribution >= 0.6 is 0 Å². The van der Waals surface area contributed by atoms with E-state index in [9.17, 15) is 5.11 Å². The third kappa shape index (κ3) is 2.41. The van der Waals surface area contributed by atoms with Gasteiger partial charge in [-0.25, -0.2) is 4.98 Å². The molecule has 1 aromatic rings. The molecule has 2 unspecified atom stereocenters. The summed E-state index contributed by atoms with van der Waals surface area (Å²) < 4.78 is 1.88. The summed E-state index contributed by atoms with van der Waals surface area (Å²) in [4.78, 5) is 4.22. The predicted octanol–water partition coefficient (Wildman–Crippen LogP) is 0.473. The lowest BCUT2D eigenvalue weighted by molar-refractivity contribution is 0.0437. The Morgan fingerprint density at radius 3 is 3.12 bits per heavy atom. The zero-order chi connectivity index (χ0) is 11.6. The van der Waals surface area contributed by atoms with Gasteiger partial charge in [0.05, 0.1) is 5.60 Å². The summed E-state index contributed by atoms with van der Waals surface area (Å²) in [5, 5.41) is 14.5. The van der Waals surface area contributed by atoms with Crippen molar-refractivity contribution in [3.05, 3.63) is 12.2 Å². The van der Waals surface area contributed by atoms with E-state index in [1.54, 1.807) is 6.33 Å². The van der Waals surface area contributed by atoms with Crippen molar-refractivity contribution in [3.8, 4) is 0 Å². The van der Waals surface area contributed by atoms with E-state index in [0.717, 1.165) is 31.6 Å². The number of aromatic nitrogens is 3. The number of rotatable bonds is 4. The van der Waals surface area contributed by atoms with Crippen molar-refractivity contribution in [2.24, 2.45) is 5.73 Å². The van der Waals surface area contributed by atoms with Crippen LogP contribution in [0.2, 0.25) is 0 Å². The molecule has 0 radical (unpaired) electrons. The van der Waals surface area contributed by atoms with Gasteiger partial charge in [0.1, 0.15) is 12.2 Å². The molecule has 0 bridgehead atoms. The minimum Gasteiger partial charge on any atom is -0.389 e. The first kappa shape index (κ1) is 11.5. The molecule has 1 aliphatic carbocycles. The van der Waals surface area contributed by atoms with E-state index in [4.69, 9.17) is 5.73 Å². The van der Waals surface area contributed by atoms with Crippen LogP contribution in [-0.2, 0) is 13.0 Å². The molecule has 16 heavy (non-hydrogen) atoms. The number of nitrogens with two attached hydrogens (primary N) is 1. The van der Waals surface area contributed by atoms with E-state index in [-0.39, 0.29) is 6.04 Å². The molecule has 1 fully saturated rings. The molecular weight excluding hydrogens is 204 g/mol. The van der Waals surface area contributed by atoms with Gasteiger partial charge in [-0.05, 0) is 25.7 Å². The zero-order valence-corrected chi connectivity index (χ0v) is 9.76. The molecule has 0 spiro atoms. The van der Waals surface area contributed by atoms with Gasteiger partial charge in [-0.15, -0.1) is 0 Å². The lowest BCUT2D eigenvalue weighted by atomic mass is 9.97. The van der Waals surface area contributed by atoms with Crippen molar-refractivity contribution >= 4 is 0 Å². The highest BCUT2D eigenvalue weighted by atomic mass is 16.3. The smallest absolute Gasteiger partial charge is 0.138 e. The largest absolute Gasteiger partial charge is 0.389 e. The van der Waals surface area contributed by atoms with Crippen LogP contribution in [0.1, 0.15) is 38.4 Å². The fourth-order valence-electron chi connectivity index (χ4n) is 2.42. The summed E-state index contributed by atoms with van der Waals surface area (Å²) in [5.74, 6) is 0.874. The molecule has 2 rings (SSSR count). The highest BCUT2D eigenvalue weighted by Gasteiger charge is 2.36. The maximum atomic E-state index is 10.4. The molecule has 1 aliphatic rings. The normalized spacial score (nSPS) is 29.8. The van der Waals surface area contributed by atoms with Gasteiger partial charge in [-0.2, -0.15) is 5.10 Å². The number of aliphatic hydroxyl groups is 1. The molecule has 5 nitrogen and oxygen atoms in total. The van der Waals surface area contributed by atoms with E-state index in [1.165, 1.54) is 0 Å². The third-order valence-electron chi connectivity index (χ3n) is 3.24. The van der Waals surface area contributed by atoms with Gasteiger partial charge in [0.15, 0.2) is 0 Å². The molecule has 0 saturated heterocycles. The fraction of sp³-hybridized carbons (Fsp3) is 0.818. The highest BCUT2D eigenvalue weighted by Crippen LogP contribution is 2.31. The van der Waals surface area contributed by atoms with Crippen molar-refractivity contribution in [2.45, 2.75) is 57.2 Å². The molecule has 1 saturated carbocycles. The second kappa shape index (κ2) is 4.51. The van der Waals surface area contributed by atoms with Gasteiger partial charge in [-0.1, -0.05) is 6.92 Å². The van der Waals surface area contributed by atoms with Crippen LogP contribution in [0.15, 0.2) is 6.33 Å². The summed E-state index contributed by atoms with van der Waals surface area (Å²) in [6.07, 6.45) is 5.50. The molecule has 0 aromatic carbocycles. The van der Waals surface area contributed by atoms with Crippen LogP contribution in [0.5, 0.6) is 0 Å². The van der Waals surface area contributed by atoms with Crippen LogP contribution < -0.4 is 5.73 Å². The van der Waals surface area contributed by atoms with Crippen molar-refractivity contribution in [1.29, 1.82) is 0 Å². The Kier molecular flexibility index (Phi) is 3.25. The summed E-state index contributed by atoms with van der Waals surface area (Å²) in [7, 11) is 0. The van der Waals surface area contributed by atoms with Crippen LogP contribution in [0.4, 0.5) is 0 Å². The maximum Gasteiger partial charge on any atom is 0.138 e. The third-order valence-corrected chi connectivity index (χ3v) is 3.24. The first-order chi connectivity index (χ1) is 7.63. The molecule has 1 aromatic heterocycles. The summed E-state index contributed by atoms with van der Waals surface area (Å²) in [5.41, 5.74) is 5.16. The van der Waals surface area contributed by atoms with E-state index in [1.807, 2.05) is 4.68 Å². The second-order valence-corrected chi connectivity index (χ2v) is 4.80. The summed E-state index contributed by atoms with van der Waals surface area (Å²) in [6, 6.07) is 0.132. The van der Waals surface area contributed by atoms with Crippen LogP contribution in [0.3, 0.4) is 0 Å². The first-order valence-electron chi connectivity index (χ1n) is 5.97. The Morgan fingerprint density at radius 1 is 1.69 bits per heavy atom. The van der Waals surface area contributed by atoms with Gasteiger partial charge in [0, 0.05) is 19.0 Å². The van der Waals surface area contributed by atoms with Crippen molar-refractivity contribution < 1.29 is 5.11 Å². The molecule has 1 heterocycles. The number of nitrogens with zero attached hydrogens (tertiary/aromatic N) is 3. The Labute approximate surface area is 95.7 Å². The Morgan fingerprint density at radius 2 is 2.50 bits per heavy atom. The van der Waals surface area contributed by atoms with E-state index < -0.39 is 5.60 Å². The average molecular weight is 224 g/mol. The standard InChI is InChI=1S/C11H20N4O/c1-2-5-15-10(13-8-14-15)7-11(16)4-3-9(12)6-11/h8-9,16H,2-7,12H2,1H3. The van der Waals surface area contributed by atoms with Gasteiger partial charge in [0.2, 0.25) is 0 Å². The number of hydrogen-bond donors (Lipinski definition) is 2. The monoisotopic (exact) mass is 224 g/mol. The lowest BCUT2D eigenvalue weighted by Gasteiger charge is -2.21. The topological polar surface area (TPSA) is 77.0 Å². The number of hydrogen-bond acceptors (Lipinski definition) is 4. The Balaban J connectivity index is 2.05. The lowest BCUT2D eigenvalue weighted by Crippen LogP contribution is -2.31. The Bertz CT molecular complexity index is 352. The van der Waals surface area contributed by atoms with Crippen molar-refractivity contribution in [2.75, 3.05) is 0 Å². The van der Waals surface area contributed by atoms with Crippen molar-refractivity contribution in [1.82, 2.24) is 14.8 Å². The minimum atomic E-state index is -0.669. The van der Waals surface area contributed by atoms with Gasteiger partial charge < -0.3 is 10.8 Å². The molecule has 2 atom stereocenters. The van der Waals surface area contributed by atoms with Crippen LogP contribution in [-0.4, -0.2) is 31.5 Å². The van der Waals surface area contributed by atoms with Crippen LogP contribution in [0, 0.1) is 0 Å². The Hall–Kier alpha value is -0.940. The quantitative estimate of drug-likeness (QED) is 0.779. The van der Waals surface area contributed by atoms with Crippen molar-refractivity contribution in [3.63, 3.8) is 0 Å². The summed E-state index contributed by atoms with van der Waals surface area (Å²) >= 11 is 0. The minimum absolute atomic E-state index is 0.132. The highest BCUT2D eigenvalue weighted by molar-refractivity contribution is 5.00.